The number of benzene rings is 1. The number of thiazole rings is 1. The van der Waals surface area contributed by atoms with Gasteiger partial charge in [-0.3, -0.25) is 5.32 Å². The van der Waals surface area contributed by atoms with E-state index in [1.54, 1.807) is 13.2 Å². The molecule has 0 spiro atoms. The Morgan fingerprint density at radius 2 is 2.27 bits per heavy atom. The minimum absolute atomic E-state index is 0.00252. The first-order chi connectivity index (χ1) is 10.4. The fourth-order valence-corrected chi connectivity index (χ4v) is 4.88. The number of carbonyl (C=O) groups is 1. The van der Waals surface area contributed by atoms with Gasteiger partial charge < -0.3 is 10.1 Å². The van der Waals surface area contributed by atoms with Crippen LogP contribution in [0, 0.1) is 0 Å². The highest BCUT2D eigenvalue weighted by atomic mass is 32.2. The van der Waals surface area contributed by atoms with Gasteiger partial charge in [0.15, 0.2) is 15.0 Å². The molecule has 1 saturated heterocycles. The Balaban J connectivity index is 1.66. The summed E-state index contributed by atoms with van der Waals surface area (Å²) in [5.74, 6) is 0.847. The second-order valence-electron chi connectivity index (χ2n) is 5.05. The number of hydrogen-bond donors (Lipinski definition) is 2. The molecule has 2 N–H and O–H groups in total. The zero-order valence-electron chi connectivity index (χ0n) is 11.8. The molecule has 1 aromatic heterocycles. The maximum Gasteiger partial charge on any atom is 0.321 e. The number of urea groups is 1. The number of fused-ring (bicyclic) bond motifs is 1. The van der Waals surface area contributed by atoms with Crippen LogP contribution in [0.1, 0.15) is 6.42 Å². The summed E-state index contributed by atoms with van der Waals surface area (Å²) in [6.07, 6.45) is 0.451. The molecular formula is C13H15N3O4S2. The number of carbonyl (C=O) groups excluding carboxylic acids is 1. The van der Waals surface area contributed by atoms with E-state index in [-0.39, 0.29) is 17.5 Å². The van der Waals surface area contributed by atoms with E-state index >= 15 is 0 Å². The molecule has 0 saturated carbocycles. The molecule has 1 aliphatic rings. The summed E-state index contributed by atoms with van der Waals surface area (Å²) < 4.78 is 28.8. The molecule has 1 aromatic carbocycles. The van der Waals surface area contributed by atoms with Crippen LogP contribution in [0.4, 0.5) is 9.93 Å². The fraction of sp³-hybridized carbons (Fsp3) is 0.385. The van der Waals surface area contributed by atoms with E-state index in [0.29, 0.717) is 11.6 Å². The largest absolute Gasteiger partial charge is 0.497 e. The van der Waals surface area contributed by atoms with Crippen LogP contribution >= 0.6 is 11.3 Å². The molecule has 22 heavy (non-hydrogen) atoms. The van der Waals surface area contributed by atoms with Crippen molar-refractivity contribution in [2.24, 2.45) is 0 Å². The van der Waals surface area contributed by atoms with Gasteiger partial charge in [0.05, 0.1) is 28.8 Å². The lowest BCUT2D eigenvalue weighted by atomic mass is 10.3. The van der Waals surface area contributed by atoms with Gasteiger partial charge in [-0.2, -0.15) is 0 Å². The number of methoxy groups -OCH3 is 1. The molecule has 7 nitrogen and oxygen atoms in total. The molecule has 2 aromatic rings. The van der Waals surface area contributed by atoms with E-state index in [4.69, 9.17) is 4.74 Å². The minimum atomic E-state index is -3.01. The van der Waals surface area contributed by atoms with Crippen LogP contribution in [0.3, 0.4) is 0 Å². The third-order valence-electron chi connectivity index (χ3n) is 3.38. The summed E-state index contributed by atoms with van der Waals surface area (Å²) >= 11 is 1.33. The number of nitrogens with zero attached hydrogens (tertiary/aromatic N) is 1. The quantitative estimate of drug-likeness (QED) is 0.884. The van der Waals surface area contributed by atoms with Crippen molar-refractivity contribution >= 4 is 42.6 Å². The second kappa shape index (κ2) is 5.73. The zero-order chi connectivity index (χ0) is 15.7. The number of amides is 2. The van der Waals surface area contributed by atoms with Gasteiger partial charge in [-0.1, -0.05) is 11.3 Å². The van der Waals surface area contributed by atoms with Gasteiger partial charge in [-0.15, -0.1) is 0 Å². The van der Waals surface area contributed by atoms with Gasteiger partial charge in [0.25, 0.3) is 0 Å². The average Bonchev–Trinajstić information content (AvgIpc) is 2.99. The van der Waals surface area contributed by atoms with Crippen molar-refractivity contribution in [3.63, 3.8) is 0 Å². The summed E-state index contributed by atoms with van der Waals surface area (Å²) in [4.78, 5) is 16.2. The second-order valence-corrected chi connectivity index (χ2v) is 8.31. The van der Waals surface area contributed by atoms with Crippen molar-refractivity contribution in [3.8, 4) is 5.75 Å². The van der Waals surface area contributed by atoms with Crippen LogP contribution in [0.15, 0.2) is 18.2 Å². The van der Waals surface area contributed by atoms with Gasteiger partial charge in [-0.05, 0) is 24.6 Å². The Hall–Kier alpha value is -1.87. The number of hydrogen-bond acceptors (Lipinski definition) is 6. The first-order valence-electron chi connectivity index (χ1n) is 6.68. The number of sulfone groups is 1. The molecule has 1 aliphatic heterocycles. The van der Waals surface area contributed by atoms with Crippen LogP contribution in [-0.2, 0) is 9.84 Å². The molecular weight excluding hydrogens is 326 g/mol. The predicted molar refractivity (Wildman–Crippen MR) is 85.4 cm³/mol. The molecule has 9 heteroatoms. The molecule has 1 fully saturated rings. The van der Waals surface area contributed by atoms with Crippen molar-refractivity contribution in [3.05, 3.63) is 18.2 Å². The molecule has 2 heterocycles. The molecule has 118 valence electrons. The molecule has 0 aliphatic carbocycles. The van der Waals surface area contributed by atoms with Crippen molar-refractivity contribution < 1.29 is 17.9 Å². The predicted octanol–water partition coefficient (Wildman–Crippen LogP) is 1.61. The molecule has 1 atom stereocenters. The number of ether oxygens (including phenoxy) is 1. The average molecular weight is 341 g/mol. The van der Waals surface area contributed by atoms with Gasteiger partial charge in [-0.25, -0.2) is 18.2 Å². The molecule has 0 radical (unpaired) electrons. The smallest absolute Gasteiger partial charge is 0.321 e. The topological polar surface area (TPSA) is 97.4 Å². The highest BCUT2D eigenvalue weighted by molar-refractivity contribution is 7.91. The van der Waals surface area contributed by atoms with Crippen LogP contribution in [0.25, 0.3) is 10.2 Å². The Labute approximate surface area is 131 Å². The molecule has 3 rings (SSSR count). The van der Waals surface area contributed by atoms with E-state index in [1.165, 1.54) is 11.3 Å². The van der Waals surface area contributed by atoms with Crippen molar-refractivity contribution in [2.45, 2.75) is 12.5 Å². The lowest BCUT2D eigenvalue weighted by molar-refractivity contribution is 0.249. The zero-order valence-corrected chi connectivity index (χ0v) is 13.5. The van der Waals surface area contributed by atoms with E-state index in [1.807, 2.05) is 12.1 Å². The number of anilines is 1. The monoisotopic (exact) mass is 341 g/mol. The fourth-order valence-electron chi connectivity index (χ4n) is 2.31. The first kappa shape index (κ1) is 15.0. The highest BCUT2D eigenvalue weighted by Crippen LogP contribution is 2.29. The number of rotatable bonds is 3. The standard InChI is InChI=1S/C13H15N3O4S2/c1-20-9-2-3-10-11(6-9)21-13(15-10)16-12(17)14-8-4-5-22(18,19)7-8/h2-3,6,8H,4-5,7H2,1H3,(H2,14,15,16,17)/t8-/m0/s1. The molecule has 0 unspecified atom stereocenters. The Morgan fingerprint density at radius 3 is 2.95 bits per heavy atom. The van der Waals surface area contributed by atoms with Crippen LogP contribution in [0.2, 0.25) is 0 Å². The van der Waals surface area contributed by atoms with Crippen LogP contribution in [-0.4, -0.2) is 44.1 Å². The minimum Gasteiger partial charge on any atom is -0.497 e. The SMILES string of the molecule is COc1ccc2nc(NC(=O)N[C@H]3CCS(=O)(=O)C3)sc2c1. The maximum absolute atomic E-state index is 11.9. The third-order valence-corrected chi connectivity index (χ3v) is 6.09. The Morgan fingerprint density at radius 1 is 1.45 bits per heavy atom. The summed E-state index contributed by atoms with van der Waals surface area (Å²) in [6.45, 7) is 0. The van der Waals surface area contributed by atoms with Crippen LogP contribution in [0.5, 0.6) is 5.75 Å². The number of nitrogens with one attached hydrogen (secondary N) is 2. The maximum atomic E-state index is 11.9. The van der Waals surface area contributed by atoms with Crippen molar-refractivity contribution in [1.29, 1.82) is 0 Å². The van der Waals surface area contributed by atoms with Gasteiger partial charge in [0.1, 0.15) is 5.75 Å². The van der Waals surface area contributed by atoms with E-state index in [0.717, 1.165) is 16.0 Å². The van der Waals surface area contributed by atoms with Crippen molar-refractivity contribution in [2.75, 3.05) is 23.9 Å². The van der Waals surface area contributed by atoms with E-state index in [2.05, 4.69) is 15.6 Å². The van der Waals surface area contributed by atoms with Gasteiger partial charge >= 0.3 is 6.03 Å². The van der Waals surface area contributed by atoms with Crippen molar-refractivity contribution in [1.82, 2.24) is 10.3 Å². The van der Waals surface area contributed by atoms with E-state index < -0.39 is 15.9 Å². The lowest BCUT2D eigenvalue weighted by Crippen LogP contribution is -2.38. The molecule has 2 amide bonds. The Bertz CT molecular complexity index is 816. The number of aromatic nitrogens is 1. The lowest BCUT2D eigenvalue weighted by Gasteiger charge is -2.10. The first-order valence-corrected chi connectivity index (χ1v) is 9.31. The van der Waals surface area contributed by atoms with Gasteiger partial charge in [0.2, 0.25) is 0 Å². The normalized spacial score (nSPS) is 20.0. The highest BCUT2D eigenvalue weighted by Gasteiger charge is 2.29. The Kier molecular flexibility index (Phi) is 3.92. The van der Waals surface area contributed by atoms with Crippen LogP contribution < -0.4 is 15.4 Å². The van der Waals surface area contributed by atoms with Gasteiger partial charge in [0, 0.05) is 6.04 Å². The molecule has 0 bridgehead atoms. The summed E-state index contributed by atoms with van der Waals surface area (Å²) in [5.41, 5.74) is 0.768. The third kappa shape index (κ3) is 3.30. The summed E-state index contributed by atoms with van der Waals surface area (Å²) in [6, 6.07) is 4.69. The van der Waals surface area contributed by atoms with E-state index in [9.17, 15) is 13.2 Å². The summed E-state index contributed by atoms with van der Waals surface area (Å²) in [5, 5.41) is 5.77. The summed E-state index contributed by atoms with van der Waals surface area (Å²) in [7, 11) is -1.42.